The van der Waals surface area contributed by atoms with E-state index in [1.165, 1.54) is 0 Å². The maximum absolute atomic E-state index is 13.8. The normalized spacial score (nSPS) is 13.4. The summed E-state index contributed by atoms with van der Waals surface area (Å²) < 4.78 is 75.2. The Labute approximate surface area is 255 Å². The lowest BCUT2D eigenvalue weighted by Crippen LogP contribution is -2.15. The summed E-state index contributed by atoms with van der Waals surface area (Å²) >= 11 is 0. The average molecular weight is 626 g/mol. The molecule has 2 N–H and O–H groups in total. The van der Waals surface area contributed by atoms with Gasteiger partial charge in [0.15, 0.2) is 23.3 Å². The molecule has 5 rings (SSSR count). The summed E-state index contributed by atoms with van der Waals surface area (Å²) in [5, 5.41) is 19.5. The third-order valence-electron chi connectivity index (χ3n) is 7.90. The Kier molecular flexibility index (Phi) is 9.14. The van der Waals surface area contributed by atoms with Crippen molar-refractivity contribution in [2.45, 2.75) is 51.5 Å². The first-order chi connectivity index (χ1) is 21.5. The van der Waals surface area contributed by atoms with Gasteiger partial charge in [0.2, 0.25) is 5.82 Å². The van der Waals surface area contributed by atoms with Crippen molar-refractivity contribution in [3.63, 3.8) is 0 Å². The van der Waals surface area contributed by atoms with Gasteiger partial charge in [0.1, 0.15) is 5.75 Å². The zero-order chi connectivity index (χ0) is 32.3. The van der Waals surface area contributed by atoms with E-state index in [9.17, 15) is 41.8 Å². The number of benzene rings is 3. The van der Waals surface area contributed by atoms with Crippen molar-refractivity contribution in [2.75, 3.05) is 6.61 Å². The van der Waals surface area contributed by atoms with Crippen molar-refractivity contribution in [1.29, 1.82) is 0 Å². The van der Waals surface area contributed by atoms with Crippen LogP contribution in [-0.4, -0.2) is 33.3 Å². The van der Waals surface area contributed by atoms with Crippen LogP contribution >= 0.6 is 0 Å². The average Bonchev–Trinajstić information content (AvgIpc) is 3.67. The molecule has 1 aliphatic rings. The molecule has 45 heavy (non-hydrogen) atoms. The van der Waals surface area contributed by atoms with E-state index in [0.29, 0.717) is 40.8 Å². The summed E-state index contributed by atoms with van der Waals surface area (Å²) in [6.45, 7) is 0.629. The lowest BCUT2D eigenvalue weighted by Gasteiger charge is -2.14. The Balaban J connectivity index is 1.24. The summed E-state index contributed by atoms with van der Waals surface area (Å²) in [6.07, 6.45) is 3.33. The number of ether oxygens (including phenoxy) is 1. The van der Waals surface area contributed by atoms with Crippen LogP contribution in [0.25, 0.3) is 10.9 Å². The van der Waals surface area contributed by atoms with Gasteiger partial charge in [-0.2, -0.15) is 0 Å². The van der Waals surface area contributed by atoms with E-state index in [1.807, 2.05) is 16.7 Å². The van der Waals surface area contributed by atoms with Crippen molar-refractivity contribution in [2.24, 2.45) is 5.41 Å². The Bertz CT molecular complexity index is 1800. The molecule has 0 unspecified atom stereocenters. The Morgan fingerprint density at radius 1 is 0.844 bits per heavy atom. The van der Waals surface area contributed by atoms with Gasteiger partial charge in [0, 0.05) is 40.3 Å². The van der Waals surface area contributed by atoms with E-state index >= 15 is 0 Å². The van der Waals surface area contributed by atoms with Gasteiger partial charge in [-0.15, -0.1) is 0 Å². The van der Waals surface area contributed by atoms with Crippen LogP contribution in [0.15, 0.2) is 48.7 Å². The zero-order valence-corrected chi connectivity index (χ0v) is 23.9. The van der Waals surface area contributed by atoms with Gasteiger partial charge in [-0.3, -0.25) is 9.59 Å². The summed E-state index contributed by atoms with van der Waals surface area (Å²) in [5.74, 6) is -4.89. The number of halogens is 5. The van der Waals surface area contributed by atoms with Crippen molar-refractivity contribution >= 4 is 22.8 Å². The highest BCUT2D eigenvalue weighted by Crippen LogP contribution is 2.50. The Morgan fingerprint density at radius 2 is 1.51 bits per heavy atom. The molecule has 1 fully saturated rings. The summed E-state index contributed by atoms with van der Waals surface area (Å²) in [6, 6.07) is 12.3. The number of unbranched alkanes of at least 4 members (excludes halogenated alkanes) is 1. The number of carbonyl (C=O) groups is 2. The van der Waals surface area contributed by atoms with Gasteiger partial charge in [-0.1, -0.05) is 17.9 Å². The molecule has 3 aromatic carbocycles. The first-order valence-corrected chi connectivity index (χ1v) is 14.3. The molecule has 4 aromatic rings. The van der Waals surface area contributed by atoms with E-state index in [1.54, 1.807) is 36.5 Å². The highest BCUT2D eigenvalue weighted by Gasteiger charge is 2.45. The minimum atomic E-state index is -2.18. The van der Waals surface area contributed by atoms with Crippen LogP contribution in [0, 0.1) is 46.3 Å². The van der Waals surface area contributed by atoms with E-state index < -0.39 is 46.6 Å². The first kappa shape index (κ1) is 31.6. The number of aliphatic carboxylic acids is 2. The number of fused-ring (bicyclic) bond motifs is 1. The standard InChI is InChI=1S/C34H28F5NO5/c35-29-24(30(36)32(38)33(39)31(29)37)5-1-2-15-45-23-11-8-20(9-12-23)7-10-21-4-3-6-25-28(21)22(16-26(41)42)18-40(25)19-34(13-14-34)17-27(43)44/h3-4,6,8-9,11-12,18H,1-2,5,13-17,19H2,(H,41,42)(H,43,44). The smallest absolute Gasteiger partial charge is 0.307 e. The van der Waals surface area contributed by atoms with E-state index in [2.05, 4.69) is 11.8 Å². The molecule has 0 bridgehead atoms. The third kappa shape index (κ3) is 7.11. The van der Waals surface area contributed by atoms with Crippen LogP contribution in [0.5, 0.6) is 5.75 Å². The SMILES string of the molecule is O=C(O)Cc1cn(CC2(CC(=O)O)CC2)c2cccc(C#Cc3ccc(OCCCCc4c(F)c(F)c(F)c(F)c4F)cc3)c12. The highest BCUT2D eigenvalue weighted by atomic mass is 19.2. The lowest BCUT2D eigenvalue weighted by molar-refractivity contribution is -0.138. The van der Waals surface area contributed by atoms with Crippen LogP contribution in [0.1, 0.15) is 54.4 Å². The van der Waals surface area contributed by atoms with Crippen molar-refractivity contribution < 1.29 is 46.5 Å². The molecule has 1 saturated carbocycles. The molecule has 1 aromatic heterocycles. The van der Waals surface area contributed by atoms with E-state index in [4.69, 9.17) is 4.74 Å². The van der Waals surface area contributed by atoms with Crippen molar-refractivity contribution in [3.05, 3.63) is 100 Å². The second kappa shape index (κ2) is 13.0. The van der Waals surface area contributed by atoms with E-state index in [-0.39, 0.29) is 37.7 Å². The zero-order valence-electron chi connectivity index (χ0n) is 23.9. The van der Waals surface area contributed by atoms with Gasteiger partial charge in [-0.05, 0) is 79.5 Å². The highest BCUT2D eigenvalue weighted by molar-refractivity contribution is 5.92. The van der Waals surface area contributed by atoms with Crippen LogP contribution in [0.3, 0.4) is 0 Å². The quantitative estimate of drug-likeness (QED) is 0.0581. The number of hydrogen-bond acceptors (Lipinski definition) is 3. The lowest BCUT2D eigenvalue weighted by atomic mass is 10.0. The van der Waals surface area contributed by atoms with Crippen LogP contribution in [0.2, 0.25) is 0 Å². The van der Waals surface area contributed by atoms with Crippen LogP contribution in [-0.2, 0) is 29.0 Å². The number of aromatic nitrogens is 1. The summed E-state index contributed by atoms with van der Waals surface area (Å²) in [5.41, 5.74) is 1.50. The molecule has 0 amide bonds. The topological polar surface area (TPSA) is 88.8 Å². The van der Waals surface area contributed by atoms with Crippen LogP contribution in [0.4, 0.5) is 22.0 Å². The number of rotatable bonds is 12. The van der Waals surface area contributed by atoms with Gasteiger partial charge in [-0.25, -0.2) is 22.0 Å². The molecule has 0 saturated heterocycles. The molecule has 0 spiro atoms. The van der Waals surface area contributed by atoms with E-state index in [0.717, 1.165) is 18.4 Å². The molecular formula is C34H28F5NO5. The fraction of sp³-hybridized carbons (Fsp3) is 0.294. The number of nitrogens with zero attached hydrogens (tertiary/aromatic N) is 1. The molecule has 0 radical (unpaired) electrons. The van der Waals surface area contributed by atoms with Crippen LogP contribution < -0.4 is 4.74 Å². The molecule has 0 aliphatic heterocycles. The number of hydrogen-bond donors (Lipinski definition) is 2. The molecule has 234 valence electrons. The second-order valence-corrected chi connectivity index (χ2v) is 11.3. The van der Waals surface area contributed by atoms with Crippen molar-refractivity contribution in [1.82, 2.24) is 4.57 Å². The predicted octanol–water partition coefficient (Wildman–Crippen LogP) is 7.02. The maximum atomic E-state index is 13.8. The fourth-order valence-electron chi connectivity index (χ4n) is 5.46. The summed E-state index contributed by atoms with van der Waals surface area (Å²) in [4.78, 5) is 23.0. The summed E-state index contributed by atoms with van der Waals surface area (Å²) in [7, 11) is 0. The first-order valence-electron chi connectivity index (χ1n) is 14.3. The molecule has 1 heterocycles. The molecule has 0 atom stereocenters. The number of carboxylic acid groups (broad SMARTS) is 2. The number of carboxylic acids is 2. The van der Waals surface area contributed by atoms with Crippen molar-refractivity contribution in [3.8, 4) is 17.6 Å². The fourth-order valence-corrected chi connectivity index (χ4v) is 5.46. The minimum absolute atomic E-state index is 0.0541. The van der Waals surface area contributed by atoms with Gasteiger partial charge < -0.3 is 19.5 Å². The maximum Gasteiger partial charge on any atom is 0.307 e. The predicted molar refractivity (Wildman–Crippen MR) is 154 cm³/mol. The molecule has 6 nitrogen and oxygen atoms in total. The molecule has 1 aliphatic carbocycles. The minimum Gasteiger partial charge on any atom is -0.494 e. The largest absolute Gasteiger partial charge is 0.494 e. The van der Waals surface area contributed by atoms with Gasteiger partial charge >= 0.3 is 11.9 Å². The Hall–Kier alpha value is -4.85. The third-order valence-corrected chi connectivity index (χ3v) is 7.90. The van der Waals surface area contributed by atoms with Gasteiger partial charge in [0.05, 0.1) is 19.4 Å². The molecule has 11 heteroatoms. The van der Waals surface area contributed by atoms with Gasteiger partial charge in [0.25, 0.3) is 0 Å². The molecular weight excluding hydrogens is 597 g/mol. The monoisotopic (exact) mass is 625 g/mol. The Morgan fingerprint density at radius 3 is 2.13 bits per heavy atom. The second-order valence-electron chi connectivity index (χ2n) is 11.3.